The Morgan fingerprint density at radius 2 is 0.938 bits per heavy atom. The number of hydrogen-bond donors (Lipinski definition) is 0. The summed E-state index contributed by atoms with van der Waals surface area (Å²) in [6.07, 6.45) is 0. The van der Waals surface area contributed by atoms with E-state index in [2.05, 4.69) is 145 Å². The van der Waals surface area contributed by atoms with Gasteiger partial charge in [-0.1, -0.05) is 170 Å². The Labute approximate surface area is 368 Å². The van der Waals surface area contributed by atoms with Crippen LogP contribution in [0.4, 0.5) is 0 Å². The topological polar surface area (TPSA) is 56.7 Å². The van der Waals surface area contributed by atoms with E-state index >= 15 is 0 Å². The average molecular weight is 817 g/mol. The summed E-state index contributed by atoms with van der Waals surface area (Å²) in [4.78, 5) is 15.5. The van der Waals surface area contributed by atoms with Gasteiger partial charge in [0, 0.05) is 27.3 Å². The van der Waals surface area contributed by atoms with E-state index in [0.29, 0.717) is 17.5 Å². The highest BCUT2D eigenvalue weighted by molar-refractivity contribution is 6.18. The van der Waals surface area contributed by atoms with Gasteiger partial charge in [-0.3, -0.25) is 0 Å². The zero-order valence-corrected chi connectivity index (χ0v) is 34.7. The SMILES string of the molecule is Cc1cc(-n2c3ccccc3c3cc4c(cc32)C2(c3ccccc3-c3ccccc32)c2ccccc2-4)c2c(oc3ccccc32)c1-c1nc(-c2ccccc2)nc(-c2ccccc2)n1. The summed E-state index contributed by atoms with van der Waals surface area (Å²) in [5.74, 6) is 1.79. The molecule has 0 saturated heterocycles. The summed E-state index contributed by atoms with van der Waals surface area (Å²) in [6.45, 7) is 2.16. The van der Waals surface area contributed by atoms with Gasteiger partial charge in [-0.25, -0.2) is 15.0 Å². The van der Waals surface area contributed by atoms with Crippen LogP contribution < -0.4 is 0 Å². The van der Waals surface area contributed by atoms with Gasteiger partial charge in [0.2, 0.25) is 0 Å². The minimum absolute atomic E-state index is 0.475. The van der Waals surface area contributed by atoms with Crippen molar-refractivity contribution in [1.29, 1.82) is 0 Å². The first-order chi connectivity index (χ1) is 31.7. The van der Waals surface area contributed by atoms with Crippen LogP contribution in [0.2, 0.25) is 0 Å². The lowest BCUT2D eigenvalue weighted by atomic mass is 9.70. The molecule has 298 valence electrons. The summed E-state index contributed by atoms with van der Waals surface area (Å²) in [5, 5.41) is 4.45. The number of rotatable bonds is 4. The Bertz CT molecular complexity index is 3810. The molecule has 0 saturated carbocycles. The quantitative estimate of drug-likeness (QED) is 0.178. The smallest absolute Gasteiger partial charge is 0.168 e. The van der Waals surface area contributed by atoms with Crippen LogP contribution >= 0.6 is 0 Å². The van der Waals surface area contributed by atoms with Gasteiger partial charge in [-0.05, 0) is 87.3 Å². The molecule has 0 radical (unpaired) electrons. The molecule has 64 heavy (non-hydrogen) atoms. The summed E-state index contributed by atoms with van der Waals surface area (Å²) >= 11 is 0. The van der Waals surface area contributed by atoms with Gasteiger partial charge in [0.05, 0.1) is 33.1 Å². The number of fused-ring (bicyclic) bond motifs is 16. The molecule has 2 aliphatic rings. The zero-order valence-electron chi connectivity index (χ0n) is 34.7. The number of aryl methyl sites for hydroxylation is 1. The van der Waals surface area contributed by atoms with Crippen molar-refractivity contribution in [3.05, 3.63) is 228 Å². The van der Waals surface area contributed by atoms with Crippen LogP contribution in [-0.4, -0.2) is 19.5 Å². The van der Waals surface area contributed by atoms with Crippen LogP contribution in [0.5, 0.6) is 0 Å². The number of furan rings is 1. The van der Waals surface area contributed by atoms with Gasteiger partial charge >= 0.3 is 0 Å². The Morgan fingerprint density at radius 3 is 1.58 bits per heavy atom. The van der Waals surface area contributed by atoms with E-state index in [9.17, 15) is 0 Å². The molecule has 0 fully saturated rings. The average Bonchev–Trinajstić information content (AvgIpc) is 4.07. The van der Waals surface area contributed by atoms with Crippen molar-refractivity contribution in [2.24, 2.45) is 0 Å². The summed E-state index contributed by atoms with van der Waals surface area (Å²) in [7, 11) is 0. The molecule has 3 aromatic heterocycles. The molecule has 0 bridgehead atoms. The molecule has 12 aromatic rings. The van der Waals surface area contributed by atoms with Crippen molar-refractivity contribution in [2.45, 2.75) is 12.3 Å². The maximum absolute atomic E-state index is 7.03. The van der Waals surface area contributed by atoms with Crippen LogP contribution in [-0.2, 0) is 5.41 Å². The monoisotopic (exact) mass is 816 g/mol. The van der Waals surface area contributed by atoms with E-state index in [4.69, 9.17) is 19.4 Å². The third-order valence-corrected chi connectivity index (χ3v) is 13.8. The number of nitrogens with zero attached hydrogens (tertiary/aromatic N) is 4. The number of aromatic nitrogens is 4. The van der Waals surface area contributed by atoms with Crippen LogP contribution in [0.1, 0.15) is 27.8 Å². The first kappa shape index (κ1) is 35.2. The molecule has 1 spiro atoms. The second-order valence-electron chi connectivity index (χ2n) is 17.1. The van der Waals surface area contributed by atoms with Crippen molar-refractivity contribution in [2.75, 3.05) is 0 Å². The van der Waals surface area contributed by atoms with E-state index in [-0.39, 0.29) is 0 Å². The van der Waals surface area contributed by atoms with Crippen molar-refractivity contribution in [1.82, 2.24) is 19.5 Å². The van der Waals surface area contributed by atoms with Gasteiger partial charge in [0.25, 0.3) is 0 Å². The van der Waals surface area contributed by atoms with Gasteiger partial charge in [0.15, 0.2) is 17.5 Å². The standard InChI is InChI=1S/C59H36N4O/c1-35-32-51(54-42-26-12-17-31-52(42)64-55(54)53(35)58-61-56(36-18-4-2-5-19-36)60-57(62-58)37-20-6-3-7-21-37)63-49-30-16-11-25-41(49)44-33-43-40-24-10-15-29-47(40)59(48(43)34-50(44)63)45-27-13-8-22-38(45)39-23-9-14-28-46(39)59/h2-34H,1H3. The molecule has 0 amide bonds. The third kappa shape index (κ3) is 4.65. The summed E-state index contributed by atoms with van der Waals surface area (Å²) in [6, 6.07) is 71.8. The predicted molar refractivity (Wildman–Crippen MR) is 259 cm³/mol. The predicted octanol–water partition coefficient (Wildman–Crippen LogP) is 14.5. The summed E-state index contributed by atoms with van der Waals surface area (Å²) < 4.78 is 9.51. The summed E-state index contributed by atoms with van der Waals surface area (Å²) in [5.41, 5.74) is 18.5. The zero-order chi connectivity index (χ0) is 42.1. The molecule has 0 aliphatic heterocycles. The molecule has 9 aromatic carbocycles. The first-order valence-corrected chi connectivity index (χ1v) is 21.9. The van der Waals surface area contributed by atoms with Crippen LogP contribution in [0.15, 0.2) is 205 Å². The number of para-hydroxylation sites is 2. The van der Waals surface area contributed by atoms with Gasteiger partial charge < -0.3 is 8.98 Å². The Hall–Kier alpha value is -8.41. The Kier molecular flexibility index (Phi) is 7.18. The van der Waals surface area contributed by atoms with E-state index in [1.807, 2.05) is 66.7 Å². The first-order valence-electron chi connectivity index (χ1n) is 21.9. The molecule has 0 N–H and O–H groups in total. The van der Waals surface area contributed by atoms with E-state index in [0.717, 1.165) is 60.9 Å². The fourth-order valence-electron chi connectivity index (χ4n) is 11.2. The maximum atomic E-state index is 7.03. The van der Waals surface area contributed by atoms with Crippen LogP contribution in [0, 0.1) is 6.92 Å². The highest BCUT2D eigenvalue weighted by atomic mass is 16.3. The third-order valence-electron chi connectivity index (χ3n) is 13.8. The largest absolute Gasteiger partial charge is 0.455 e. The lowest BCUT2D eigenvalue weighted by molar-refractivity contribution is 0.669. The molecule has 2 aliphatic carbocycles. The fraction of sp³-hybridized carbons (Fsp3) is 0.0339. The van der Waals surface area contributed by atoms with Crippen molar-refractivity contribution in [3.8, 4) is 62.1 Å². The highest BCUT2D eigenvalue weighted by Crippen LogP contribution is 2.63. The van der Waals surface area contributed by atoms with Gasteiger partial charge in [-0.15, -0.1) is 0 Å². The second-order valence-corrected chi connectivity index (χ2v) is 17.1. The molecular formula is C59H36N4O. The number of benzene rings is 9. The molecule has 5 heteroatoms. The van der Waals surface area contributed by atoms with Gasteiger partial charge in [-0.2, -0.15) is 0 Å². The minimum Gasteiger partial charge on any atom is -0.455 e. The molecule has 0 unspecified atom stereocenters. The van der Waals surface area contributed by atoms with E-state index < -0.39 is 5.41 Å². The molecular weight excluding hydrogens is 781 g/mol. The Balaban J connectivity index is 1.09. The normalized spacial score (nSPS) is 13.2. The lowest BCUT2D eigenvalue weighted by Crippen LogP contribution is -2.25. The maximum Gasteiger partial charge on any atom is 0.168 e. The van der Waals surface area contributed by atoms with Crippen molar-refractivity contribution in [3.63, 3.8) is 0 Å². The van der Waals surface area contributed by atoms with E-state index in [1.54, 1.807) is 0 Å². The molecule has 5 nitrogen and oxygen atoms in total. The number of hydrogen-bond acceptors (Lipinski definition) is 4. The lowest BCUT2D eigenvalue weighted by Gasteiger charge is -2.30. The Morgan fingerprint density at radius 1 is 0.422 bits per heavy atom. The van der Waals surface area contributed by atoms with E-state index in [1.165, 1.54) is 55.3 Å². The fourth-order valence-corrected chi connectivity index (χ4v) is 11.2. The molecule has 0 atom stereocenters. The van der Waals surface area contributed by atoms with Gasteiger partial charge in [0.1, 0.15) is 11.2 Å². The minimum atomic E-state index is -0.475. The molecule has 14 rings (SSSR count). The molecule has 3 heterocycles. The second kappa shape index (κ2) is 13.1. The van der Waals surface area contributed by atoms with Crippen molar-refractivity contribution < 1.29 is 4.42 Å². The highest BCUT2D eigenvalue weighted by Gasteiger charge is 2.51. The van der Waals surface area contributed by atoms with Crippen molar-refractivity contribution >= 4 is 43.7 Å². The van der Waals surface area contributed by atoms with Crippen LogP contribution in [0.25, 0.3) is 106 Å². The van der Waals surface area contributed by atoms with Crippen LogP contribution in [0.3, 0.4) is 0 Å².